The molecular weight excluding hydrogens is 344 g/mol. The average molecular weight is 361 g/mol. The van der Waals surface area contributed by atoms with Crippen molar-refractivity contribution < 1.29 is 13.2 Å². The van der Waals surface area contributed by atoms with Crippen LogP contribution in [0.4, 0.5) is 5.69 Å². The van der Waals surface area contributed by atoms with Crippen molar-refractivity contribution in [3.63, 3.8) is 0 Å². The third-order valence-electron chi connectivity index (χ3n) is 3.06. The van der Waals surface area contributed by atoms with Gasteiger partial charge in [0.2, 0.25) is 5.91 Å². The van der Waals surface area contributed by atoms with Crippen LogP contribution in [-0.4, -0.2) is 38.4 Å². The zero-order valence-electron chi connectivity index (χ0n) is 11.1. The Morgan fingerprint density at radius 2 is 2.20 bits per heavy atom. The number of nitrogens with one attached hydrogen (secondary N) is 2. The molecule has 0 saturated carbocycles. The number of benzene rings is 1. The lowest BCUT2D eigenvalue weighted by atomic mass is 10.2. The highest BCUT2D eigenvalue weighted by Crippen LogP contribution is 2.19. The molecule has 1 aliphatic rings. The maximum atomic E-state index is 12.0. The quantitative estimate of drug-likeness (QED) is 0.855. The minimum atomic E-state index is -3.01. The first-order valence-corrected chi connectivity index (χ1v) is 8.96. The first-order chi connectivity index (χ1) is 9.34. The van der Waals surface area contributed by atoms with Gasteiger partial charge in [-0.1, -0.05) is 15.9 Å². The second-order valence-corrected chi connectivity index (χ2v) is 8.18. The van der Waals surface area contributed by atoms with Crippen LogP contribution in [-0.2, 0) is 14.6 Å². The summed E-state index contributed by atoms with van der Waals surface area (Å²) in [5.41, 5.74) is 1.74. The van der Waals surface area contributed by atoms with Gasteiger partial charge in [-0.25, -0.2) is 8.42 Å². The molecule has 2 N–H and O–H groups in total. The largest absolute Gasteiger partial charge is 0.326 e. The van der Waals surface area contributed by atoms with Gasteiger partial charge < -0.3 is 10.6 Å². The molecule has 1 heterocycles. The van der Waals surface area contributed by atoms with E-state index in [1.54, 1.807) is 0 Å². The van der Waals surface area contributed by atoms with Crippen LogP contribution in [0.2, 0.25) is 0 Å². The number of aryl methyl sites for hydroxylation is 1. The molecule has 1 saturated heterocycles. The normalized spacial score (nSPS) is 21.4. The molecule has 7 heteroatoms. The summed E-state index contributed by atoms with van der Waals surface area (Å²) in [6.07, 6.45) is 0.158. The van der Waals surface area contributed by atoms with Crippen molar-refractivity contribution in [1.82, 2.24) is 5.32 Å². The number of carbonyl (C=O) groups is 1. The number of halogens is 1. The molecule has 1 unspecified atom stereocenters. The Bertz CT molecular complexity index is 596. The summed E-state index contributed by atoms with van der Waals surface area (Å²) < 4.78 is 23.9. The monoisotopic (exact) mass is 360 g/mol. The van der Waals surface area contributed by atoms with Crippen LogP contribution in [0, 0.1) is 6.92 Å². The fraction of sp³-hybridized carbons (Fsp3) is 0.462. The molecule has 0 spiro atoms. The Labute approximate surface area is 127 Å². The number of amides is 1. The van der Waals surface area contributed by atoms with Crippen LogP contribution in [0.15, 0.2) is 22.7 Å². The molecule has 110 valence electrons. The van der Waals surface area contributed by atoms with Crippen molar-refractivity contribution in [2.75, 3.05) is 23.4 Å². The van der Waals surface area contributed by atoms with Crippen LogP contribution < -0.4 is 10.6 Å². The van der Waals surface area contributed by atoms with Gasteiger partial charge in [-0.05, 0) is 30.7 Å². The summed E-state index contributed by atoms with van der Waals surface area (Å²) in [7, 11) is -3.01. The minimum Gasteiger partial charge on any atom is -0.326 e. The summed E-state index contributed by atoms with van der Waals surface area (Å²) in [5.74, 6) is -0.00876. The van der Waals surface area contributed by atoms with Crippen molar-refractivity contribution in [2.45, 2.75) is 19.4 Å². The zero-order valence-corrected chi connectivity index (χ0v) is 13.6. The number of anilines is 1. The van der Waals surface area contributed by atoms with Crippen LogP contribution in [0.5, 0.6) is 0 Å². The second kappa shape index (κ2) is 6.24. The maximum absolute atomic E-state index is 12.0. The highest BCUT2D eigenvalue weighted by molar-refractivity contribution is 9.10. The van der Waals surface area contributed by atoms with E-state index in [9.17, 15) is 13.2 Å². The highest BCUT2D eigenvalue weighted by Gasteiger charge is 2.25. The molecule has 0 bridgehead atoms. The van der Waals surface area contributed by atoms with Gasteiger partial charge in [0, 0.05) is 29.2 Å². The molecule has 1 fully saturated rings. The lowest BCUT2D eigenvalue weighted by molar-refractivity contribution is -0.116. The van der Waals surface area contributed by atoms with Crippen LogP contribution in [0.25, 0.3) is 0 Å². The number of hydrogen-bond donors (Lipinski definition) is 2. The Morgan fingerprint density at radius 3 is 2.85 bits per heavy atom. The standard InChI is InChI=1S/C13H17BrN2O3S/c1-9-4-10(14)6-11(5-9)16-13(17)7-12-8-20(18,19)3-2-15-12/h4-6,12,15H,2-3,7-8H2,1H3,(H,16,17). The smallest absolute Gasteiger partial charge is 0.225 e. The van der Waals surface area contributed by atoms with E-state index in [0.29, 0.717) is 12.2 Å². The topological polar surface area (TPSA) is 75.3 Å². The van der Waals surface area contributed by atoms with Crippen molar-refractivity contribution in [3.05, 3.63) is 28.2 Å². The predicted octanol–water partition coefficient (Wildman–Crippen LogP) is 1.47. The van der Waals surface area contributed by atoms with E-state index >= 15 is 0 Å². The van der Waals surface area contributed by atoms with E-state index in [1.807, 2.05) is 25.1 Å². The minimum absolute atomic E-state index is 0.0257. The third-order valence-corrected chi connectivity index (χ3v) is 5.25. The lowest BCUT2D eigenvalue weighted by Crippen LogP contribution is -2.46. The molecule has 0 aliphatic carbocycles. The third kappa shape index (κ3) is 4.57. The summed E-state index contributed by atoms with van der Waals surface area (Å²) in [6.45, 7) is 2.35. The molecule has 0 aromatic heterocycles. The van der Waals surface area contributed by atoms with E-state index < -0.39 is 9.84 Å². The molecule has 0 radical (unpaired) electrons. The Hall–Kier alpha value is -0.920. The van der Waals surface area contributed by atoms with Crippen molar-refractivity contribution >= 4 is 37.4 Å². The Balaban J connectivity index is 1.95. The van der Waals surface area contributed by atoms with Crippen LogP contribution >= 0.6 is 15.9 Å². The zero-order chi connectivity index (χ0) is 14.8. The number of rotatable bonds is 3. The number of carbonyl (C=O) groups excluding carboxylic acids is 1. The molecule has 5 nitrogen and oxygen atoms in total. The molecule has 1 amide bonds. The molecule has 1 aliphatic heterocycles. The molecule has 1 aromatic rings. The van der Waals surface area contributed by atoms with Gasteiger partial charge >= 0.3 is 0 Å². The molecule has 2 rings (SSSR count). The van der Waals surface area contributed by atoms with Crippen LogP contribution in [0.3, 0.4) is 0 Å². The van der Waals surface area contributed by atoms with Gasteiger partial charge in [0.1, 0.15) is 0 Å². The number of hydrogen-bond acceptors (Lipinski definition) is 4. The second-order valence-electron chi connectivity index (χ2n) is 5.03. The first kappa shape index (κ1) is 15.5. The first-order valence-electron chi connectivity index (χ1n) is 6.35. The van der Waals surface area contributed by atoms with Gasteiger partial charge in [0.15, 0.2) is 9.84 Å². The Kier molecular flexibility index (Phi) is 4.82. The van der Waals surface area contributed by atoms with Crippen molar-refractivity contribution in [1.29, 1.82) is 0 Å². The van der Waals surface area contributed by atoms with Gasteiger partial charge in [0.05, 0.1) is 11.5 Å². The molecule has 1 aromatic carbocycles. The number of sulfone groups is 1. The van der Waals surface area contributed by atoms with E-state index in [-0.39, 0.29) is 29.9 Å². The summed E-state index contributed by atoms with van der Waals surface area (Å²) in [5, 5.41) is 5.86. The van der Waals surface area contributed by atoms with Crippen LogP contribution in [0.1, 0.15) is 12.0 Å². The Morgan fingerprint density at radius 1 is 1.45 bits per heavy atom. The fourth-order valence-corrected chi connectivity index (χ4v) is 4.29. The summed E-state index contributed by atoms with van der Waals surface area (Å²) >= 11 is 3.37. The molecular formula is C13H17BrN2O3S. The van der Waals surface area contributed by atoms with E-state index in [4.69, 9.17) is 0 Å². The van der Waals surface area contributed by atoms with E-state index in [2.05, 4.69) is 26.6 Å². The van der Waals surface area contributed by atoms with Gasteiger partial charge in [-0.3, -0.25) is 4.79 Å². The van der Waals surface area contributed by atoms with Crippen molar-refractivity contribution in [2.24, 2.45) is 0 Å². The highest BCUT2D eigenvalue weighted by atomic mass is 79.9. The molecule has 20 heavy (non-hydrogen) atoms. The maximum Gasteiger partial charge on any atom is 0.225 e. The van der Waals surface area contributed by atoms with Crippen molar-refractivity contribution in [3.8, 4) is 0 Å². The predicted molar refractivity (Wildman–Crippen MR) is 82.6 cm³/mol. The van der Waals surface area contributed by atoms with Gasteiger partial charge in [-0.2, -0.15) is 0 Å². The van der Waals surface area contributed by atoms with E-state index in [1.165, 1.54) is 0 Å². The summed E-state index contributed by atoms with van der Waals surface area (Å²) in [4.78, 5) is 12.0. The van der Waals surface area contributed by atoms with E-state index in [0.717, 1.165) is 10.0 Å². The lowest BCUT2D eigenvalue weighted by Gasteiger charge is -2.23. The SMILES string of the molecule is Cc1cc(Br)cc(NC(=O)CC2CS(=O)(=O)CCN2)c1. The summed E-state index contributed by atoms with van der Waals surface area (Å²) in [6, 6.07) is 5.33. The fourth-order valence-electron chi connectivity index (χ4n) is 2.24. The molecule has 1 atom stereocenters. The van der Waals surface area contributed by atoms with Gasteiger partial charge in [0.25, 0.3) is 0 Å². The average Bonchev–Trinajstić information content (AvgIpc) is 2.25. The van der Waals surface area contributed by atoms with Gasteiger partial charge in [-0.15, -0.1) is 0 Å².